The van der Waals surface area contributed by atoms with Crippen LogP contribution in [0.3, 0.4) is 0 Å². The van der Waals surface area contributed by atoms with E-state index in [1.165, 1.54) is 37.2 Å². The minimum absolute atomic E-state index is 0. The third-order valence-electron chi connectivity index (χ3n) is 4.21. The molecule has 0 aliphatic carbocycles. The predicted octanol–water partition coefficient (Wildman–Crippen LogP) is 3.05. The minimum atomic E-state index is 0. The molecule has 0 amide bonds. The van der Waals surface area contributed by atoms with Crippen LogP contribution in [-0.4, -0.2) is 33.9 Å². The summed E-state index contributed by atoms with van der Waals surface area (Å²) in [7, 11) is 0. The van der Waals surface area contributed by atoms with Gasteiger partial charge in [-0.3, -0.25) is 4.90 Å². The van der Waals surface area contributed by atoms with E-state index in [0.717, 1.165) is 31.1 Å². The molecule has 1 atom stereocenters. The fraction of sp³-hybridized carbons (Fsp3) is 0.562. The molecule has 1 aliphatic rings. The van der Waals surface area contributed by atoms with Gasteiger partial charge in [0.2, 0.25) is 0 Å². The SMILES string of the molecule is Cc1ccc2nc(CN3CCCC(CCN)C3)cn2c1.Cl.Cl. The highest BCUT2D eigenvalue weighted by Gasteiger charge is 2.19. The van der Waals surface area contributed by atoms with Gasteiger partial charge in [0, 0.05) is 25.5 Å². The normalized spacial score (nSPS) is 18.7. The number of aromatic nitrogens is 2. The number of hydrogen-bond donors (Lipinski definition) is 1. The third-order valence-corrected chi connectivity index (χ3v) is 4.21. The molecule has 4 nitrogen and oxygen atoms in total. The molecular formula is C16H26Cl2N4. The number of nitrogens with two attached hydrogens (primary N) is 1. The fourth-order valence-electron chi connectivity index (χ4n) is 3.23. The van der Waals surface area contributed by atoms with Gasteiger partial charge in [-0.25, -0.2) is 4.98 Å². The van der Waals surface area contributed by atoms with Crippen LogP contribution in [0.4, 0.5) is 0 Å². The highest BCUT2D eigenvalue weighted by Crippen LogP contribution is 2.20. The first-order valence-corrected chi connectivity index (χ1v) is 7.61. The lowest BCUT2D eigenvalue weighted by Crippen LogP contribution is -2.35. The van der Waals surface area contributed by atoms with Crippen LogP contribution in [0.25, 0.3) is 5.65 Å². The maximum Gasteiger partial charge on any atom is 0.137 e. The molecule has 2 aromatic heterocycles. The molecule has 0 saturated carbocycles. The summed E-state index contributed by atoms with van der Waals surface area (Å²) in [6, 6.07) is 4.20. The third kappa shape index (κ3) is 4.59. The van der Waals surface area contributed by atoms with E-state index in [0.29, 0.717) is 0 Å². The molecule has 0 radical (unpaired) electrons. The number of fused-ring (bicyclic) bond motifs is 1. The molecule has 22 heavy (non-hydrogen) atoms. The van der Waals surface area contributed by atoms with Gasteiger partial charge in [0.05, 0.1) is 5.69 Å². The molecule has 6 heteroatoms. The quantitative estimate of drug-likeness (QED) is 0.927. The van der Waals surface area contributed by atoms with E-state index in [-0.39, 0.29) is 24.8 Å². The lowest BCUT2D eigenvalue weighted by molar-refractivity contribution is 0.161. The van der Waals surface area contributed by atoms with Gasteiger partial charge in [0.25, 0.3) is 0 Å². The minimum Gasteiger partial charge on any atom is -0.330 e. The zero-order chi connectivity index (χ0) is 13.9. The van der Waals surface area contributed by atoms with E-state index >= 15 is 0 Å². The van der Waals surface area contributed by atoms with Gasteiger partial charge < -0.3 is 10.1 Å². The highest BCUT2D eigenvalue weighted by atomic mass is 35.5. The molecule has 0 bridgehead atoms. The number of halogens is 2. The van der Waals surface area contributed by atoms with E-state index in [1.54, 1.807) is 0 Å². The Bertz CT molecular complexity index is 583. The Morgan fingerprint density at radius 3 is 2.86 bits per heavy atom. The van der Waals surface area contributed by atoms with Crippen molar-refractivity contribution in [1.29, 1.82) is 0 Å². The monoisotopic (exact) mass is 344 g/mol. The summed E-state index contributed by atoms with van der Waals surface area (Å²) in [6.07, 6.45) is 8.07. The summed E-state index contributed by atoms with van der Waals surface area (Å²) in [5, 5.41) is 0. The van der Waals surface area contributed by atoms with Crippen molar-refractivity contribution in [2.75, 3.05) is 19.6 Å². The lowest BCUT2D eigenvalue weighted by Gasteiger charge is -2.32. The van der Waals surface area contributed by atoms with E-state index in [4.69, 9.17) is 10.7 Å². The first kappa shape index (κ1) is 19.2. The number of nitrogens with zero attached hydrogens (tertiary/aromatic N) is 3. The molecule has 1 fully saturated rings. The Kier molecular flexibility index (Phi) is 7.63. The highest BCUT2D eigenvalue weighted by molar-refractivity contribution is 5.85. The van der Waals surface area contributed by atoms with Gasteiger partial charge in [0.15, 0.2) is 0 Å². The number of rotatable bonds is 4. The van der Waals surface area contributed by atoms with Crippen molar-refractivity contribution in [1.82, 2.24) is 14.3 Å². The molecule has 1 aliphatic heterocycles. The number of likely N-dealkylation sites (tertiary alicyclic amines) is 1. The maximum absolute atomic E-state index is 5.69. The van der Waals surface area contributed by atoms with Crippen molar-refractivity contribution < 1.29 is 0 Å². The second-order valence-electron chi connectivity index (χ2n) is 6.02. The molecule has 124 valence electrons. The summed E-state index contributed by atoms with van der Waals surface area (Å²) in [5.41, 5.74) is 9.17. The number of aryl methyl sites for hydroxylation is 1. The molecule has 1 unspecified atom stereocenters. The predicted molar refractivity (Wildman–Crippen MR) is 96.1 cm³/mol. The summed E-state index contributed by atoms with van der Waals surface area (Å²) in [4.78, 5) is 7.24. The zero-order valence-corrected chi connectivity index (χ0v) is 14.7. The van der Waals surface area contributed by atoms with Crippen LogP contribution in [0.5, 0.6) is 0 Å². The van der Waals surface area contributed by atoms with Gasteiger partial charge >= 0.3 is 0 Å². The van der Waals surface area contributed by atoms with Crippen molar-refractivity contribution in [2.45, 2.75) is 32.7 Å². The first-order valence-electron chi connectivity index (χ1n) is 7.61. The number of piperidine rings is 1. The van der Waals surface area contributed by atoms with Crippen LogP contribution in [0.1, 0.15) is 30.5 Å². The van der Waals surface area contributed by atoms with Crippen LogP contribution >= 0.6 is 24.8 Å². The Balaban J connectivity index is 0.00000121. The van der Waals surface area contributed by atoms with Crippen molar-refractivity contribution in [2.24, 2.45) is 11.7 Å². The second-order valence-corrected chi connectivity index (χ2v) is 6.02. The van der Waals surface area contributed by atoms with E-state index in [1.807, 2.05) is 0 Å². The summed E-state index contributed by atoms with van der Waals surface area (Å²) in [6.45, 7) is 6.24. The van der Waals surface area contributed by atoms with Crippen molar-refractivity contribution >= 4 is 30.5 Å². The van der Waals surface area contributed by atoms with E-state index in [2.05, 4.69) is 40.8 Å². The topological polar surface area (TPSA) is 46.6 Å². The van der Waals surface area contributed by atoms with Gasteiger partial charge in [-0.05, 0) is 56.8 Å². The second kappa shape index (κ2) is 8.73. The first-order chi connectivity index (χ1) is 9.74. The van der Waals surface area contributed by atoms with Crippen LogP contribution in [0.2, 0.25) is 0 Å². The van der Waals surface area contributed by atoms with Crippen LogP contribution in [0.15, 0.2) is 24.5 Å². The van der Waals surface area contributed by atoms with Crippen LogP contribution in [-0.2, 0) is 6.54 Å². The molecule has 2 aromatic rings. The van der Waals surface area contributed by atoms with Crippen molar-refractivity contribution in [3.05, 3.63) is 35.8 Å². The maximum atomic E-state index is 5.69. The Morgan fingerprint density at radius 1 is 1.27 bits per heavy atom. The number of imidazole rings is 1. The fourth-order valence-corrected chi connectivity index (χ4v) is 3.23. The van der Waals surface area contributed by atoms with E-state index < -0.39 is 0 Å². The standard InChI is InChI=1S/C16H24N4.2ClH/c1-13-4-5-16-18-15(12-20(16)9-13)11-19-8-2-3-14(10-19)6-7-17;;/h4-5,9,12,14H,2-3,6-8,10-11,17H2,1H3;2*1H. The van der Waals surface area contributed by atoms with Crippen LogP contribution < -0.4 is 5.73 Å². The summed E-state index contributed by atoms with van der Waals surface area (Å²) >= 11 is 0. The van der Waals surface area contributed by atoms with E-state index in [9.17, 15) is 0 Å². The van der Waals surface area contributed by atoms with Gasteiger partial charge in [-0.2, -0.15) is 0 Å². The molecule has 3 heterocycles. The van der Waals surface area contributed by atoms with Crippen molar-refractivity contribution in [3.8, 4) is 0 Å². The number of hydrogen-bond acceptors (Lipinski definition) is 3. The average Bonchev–Trinajstić information content (AvgIpc) is 2.81. The Hall–Kier alpha value is -0.810. The van der Waals surface area contributed by atoms with Crippen LogP contribution in [0, 0.1) is 12.8 Å². The average molecular weight is 345 g/mol. The van der Waals surface area contributed by atoms with Crippen molar-refractivity contribution in [3.63, 3.8) is 0 Å². The Labute approximate surface area is 144 Å². The molecule has 0 aromatic carbocycles. The molecule has 0 spiro atoms. The summed E-state index contributed by atoms with van der Waals surface area (Å²) < 4.78 is 2.13. The smallest absolute Gasteiger partial charge is 0.137 e. The van der Waals surface area contributed by atoms with Gasteiger partial charge in [0.1, 0.15) is 5.65 Å². The van der Waals surface area contributed by atoms with Gasteiger partial charge in [-0.15, -0.1) is 24.8 Å². The van der Waals surface area contributed by atoms with Gasteiger partial charge in [-0.1, -0.05) is 6.07 Å². The largest absolute Gasteiger partial charge is 0.330 e. The zero-order valence-electron chi connectivity index (χ0n) is 13.1. The number of pyridine rings is 1. The molecule has 1 saturated heterocycles. The molecule has 3 rings (SSSR count). The molecular weight excluding hydrogens is 319 g/mol. The Morgan fingerprint density at radius 2 is 2.09 bits per heavy atom. The lowest BCUT2D eigenvalue weighted by atomic mass is 9.95. The summed E-state index contributed by atoms with van der Waals surface area (Å²) in [5.74, 6) is 0.771. The molecule has 2 N–H and O–H groups in total.